The number of carbonyl (C=O) groups is 1. The van der Waals surface area contributed by atoms with E-state index in [9.17, 15) is 9.90 Å². The molecule has 1 heterocycles. The van der Waals surface area contributed by atoms with Crippen molar-refractivity contribution < 1.29 is 14.6 Å². The van der Waals surface area contributed by atoms with Crippen LogP contribution in [0.4, 0.5) is 0 Å². The molecule has 1 aromatic heterocycles. The molecule has 1 amide bonds. The van der Waals surface area contributed by atoms with Crippen LogP contribution in [-0.4, -0.2) is 30.3 Å². The molecule has 0 aromatic carbocycles. The highest BCUT2D eigenvalue weighted by Gasteiger charge is 2.20. The monoisotopic (exact) mass is 243 g/mol. The summed E-state index contributed by atoms with van der Waals surface area (Å²) in [6, 6.07) is 1.75. The summed E-state index contributed by atoms with van der Waals surface area (Å²) < 4.78 is 5.05. The molecule has 0 aliphatic heterocycles. The van der Waals surface area contributed by atoms with Gasteiger partial charge in [-0.3, -0.25) is 4.79 Å². The average Bonchev–Trinajstić information content (AvgIpc) is 2.74. The van der Waals surface area contributed by atoms with Crippen molar-refractivity contribution in [1.82, 2.24) is 5.32 Å². The predicted octanol–water partition coefficient (Wildman–Crippen LogP) is 1.65. The highest BCUT2D eigenvalue weighted by atomic mass is 32.1. The summed E-state index contributed by atoms with van der Waals surface area (Å²) in [5, 5.41) is 14.2. The maximum absolute atomic E-state index is 11.8. The average molecular weight is 243 g/mol. The second kappa shape index (κ2) is 5.32. The number of thiophene rings is 1. The summed E-state index contributed by atoms with van der Waals surface area (Å²) in [6.45, 7) is 3.81. The molecule has 5 heteroatoms. The predicted molar refractivity (Wildman–Crippen MR) is 64.1 cm³/mol. The summed E-state index contributed by atoms with van der Waals surface area (Å²) in [4.78, 5) is 12.3. The second-order valence-corrected chi connectivity index (χ2v) is 4.77. The van der Waals surface area contributed by atoms with E-state index in [1.54, 1.807) is 18.4 Å². The van der Waals surface area contributed by atoms with Crippen molar-refractivity contribution in [2.24, 2.45) is 0 Å². The normalized spacial score (nSPS) is 14.2. The van der Waals surface area contributed by atoms with Crippen LogP contribution in [0.1, 0.15) is 29.9 Å². The Morgan fingerprint density at radius 1 is 1.69 bits per heavy atom. The van der Waals surface area contributed by atoms with Crippen LogP contribution in [0.2, 0.25) is 0 Å². The lowest BCUT2D eigenvalue weighted by Crippen LogP contribution is -2.39. The van der Waals surface area contributed by atoms with Gasteiger partial charge in [0.15, 0.2) is 0 Å². The summed E-state index contributed by atoms with van der Waals surface area (Å²) in [5.41, 5.74) is -0.861. The first-order valence-corrected chi connectivity index (χ1v) is 6.00. The van der Waals surface area contributed by atoms with Gasteiger partial charge in [0.25, 0.3) is 5.91 Å². The highest BCUT2D eigenvalue weighted by molar-refractivity contribution is 7.12. The van der Waals surface area contributed by atoms with E-state index in [2.05, 4.69) is 5.32 Å². The van der Waals surface area contributed by atoms with Gasteiger partial charge in [0.1, 0.15) is 10.6 Å². The first-order valence-electron chi connectivity index (χ1n) is 5.12. The van der Waals surface area contributed by atoms with Gasteiger partial charge in [-0.1, -0.05) is 6.92 Å². The van der Waals surface area contributed by atoms with Crippen molar-refractivity contribution in [3.8, 4) is 5.75 Å². The molecule has 0 radical (unpaired) electrons. The maximum atomic E-state index is 11.8. The summed E-state index contributed by atoms with van der Waals surface area (Å²) >= 11 is 1.32. The van der Waals surface area contributed by atoms with E-state index < -0.39 is 5.60 Å². The number of hydrogen-bond acceptors (Lipinski definition) is 4. The lowest BCUT2D eigenvalue weighted by molar-refractivity contribution is 0.0518. The zero-order valence-electron chi connectivity index (χ0n) is 9.74. The summed E-state index contributed by atoms with van der Waals surface area (Å²) in [6.07, 6.45) is 0.592. The number of rotatable bonds is 5. The van der Waals surface area contributed by atoms with Gasteiger partial charge in [0.05, 0.1) is 12.7 Å². The van der Waals surface area contributed by atoms with Gasteiger partial charge in [-0.25, -0.2) is 0 Å². The van der Waals surface area contributed by atoms with Crippen molar-refractivity contribution in [1.29, 1.82) is 0 Å². The van der Waals surface area contributed by atoms with E-state index in [4.69, 9.17) is 4.74 Å². The Morgan fingerprint density at radius 3 is 2.94 bits per heavy atom. The Morgan fingerprint density at radius 2 is 2.38 bits per heavy atom. The highest BCUT2D eigenvalue weighted by Crippen LogP contribution is 2.24. The molecule has 0 spiro atoms. The zero-order chi connectivity index (χ0) is 12.2. The van der Waals surface area contributed by atoms with Crippen LogP contribution in [0.5, 0.6) is 5.75 Å². The minimum atomic E-state index is -0.861. The van der Waals surface area contributed by atoms with Crippen LogP contribution in [0.25, 0.3) is 0 Å². The second-order valence-electron chi connectivity index (χ2n) is 3.85. The van der Waals surface area contributed by atoms with Crippen LogP contribution >= 0.6 is 11.3 Å². The van der Waals surface area contributed by atoms with Crippen LogP contribution in [-0.2, 0) is 0 Å². The van der Waals surface area contributed by atoms with Crippen molar-refractivity contribution in [2.45, 2.75) is 25.9 Å². The molecule has 0 fully saturated rings. The molecule has 1 atom stereocenters. The van der Waals surface area contributed by atoms with E-state index in [1.165, 1.54) is 18.4 Å². The van der Waals surface area contributed by atoms with Crippen LogP contribution < -0.4 is 10.1 Å². The van der Waals surface area contributed by atoms with E-state index in [0.29, 0.717) is 17.0 Å². The first-order chi connectivity index (χ1) is 7.50. The molecule has 0 aliphatic carbocycles. The minimum Gasteiger partial charge on any atom is -0.495 e. The van der Waals surface area contributed by atoms with E-state index in [-0.39, 0.29) is 12.5 Å². The van der Waals surface area contributed by atoms with E-state index in [0.717, 1.165) is 0 Å². The largest absolute Gasteiger partial charge is 0.495 e. The fourth-order valence-corrected chi connectivity index (χ4v) is 1.87. The summed E-state index contributed by atoms with van der Waals surface area (Å²) in [7, 11) is 1.53. The molecule has 1 aromatic rings. The van der Waals surface area contributed by atoms with E-state index in [1.807, 2.05) is 6.92 Å². The molecular weight excluding hydrogens is 226 g/mol. The lowest BCUT2D eigenvalue weighted by Gasteiger charge is -2.21. The van der Waals surface area contributed by atoms with Crippen molar-refractivity contribution in [3.63, 3.8) is 0 Å². The third kappa shape index (κ3) is 3.21. The Bertz CT molecular complexity index is 360. The molecule has 2 N–H and O–H groups in total. The van der Waals surface area contributed by atoms with Crippen LogP contribution in [0.3, 0.4) is 0 Å². The van der Waals surface area contributed by atoms with Gasteiger partial charge in [-0.05, 0) is 24.8 Å². The van der Waals surface area contributed by atoms with Crippen LogP contribution in [0, 0.1) is 0 Å². The number of hydrogen-bond donors (Lipinski definition) is 2. The van der Waals surface area contributed by atoms with Gasteiger partial charge in [-0.15, -0.1) is 11.3 Å². The lowest BCUT2D eigenvalue weighted by atomic mass is 10.0. The SMILES string of the molecule is CCC(C)(O)CNC(=O)c1sccc1OC. The Kier molecular flexibility index (Phi) is 4.32. The molecule has 90 valence electrons. The maximum Gasteiger partial charge on any atom is 0.265 e. The number of methoxy groups -OCH3 is 1. The number of carbonyl (C=O) groups excluding carboxylic acids is 1. The third-order valence-corrected chi connectivity index (χ3v) is 3.34. The third-order valence-electron chi connectivity index (χ3n) is 2.45. The quantitative estimate of drug-likeness (QED) is 0.826. The minimum absolute atomic E-state index is 0.208. The fourth-order valence-electron chi connectivity index (χ4n) is 1.10. The fraction of sp³-hybridized carbons (Fsp3) is 0.545. The Balaban J connectivity index is 2.60. The number of ether oxygens (including phenoxy) is 1. The Labute approximate surface area is 99.2 Å². The smallest absolute Gasteiger partial charge is 0.265 e. The number of nitrogens with one attached hydrogen (secondary N) is 1. The molecule has 0 bridgehead atoms. The molecule has 1 unspecified atom stereocenters. The van der Waals surface area contributed by atoms with Gasteiger partial charge in [-0.2, -0.15) is 0 Å². The Hall–Kier alpha value is -1.07. The number of aliphatic hydroxyl groups is 1. The van der Waals surface area contributed by atoms with E-state index >= 15 is 0 Å². The van der Waals surface area contributed by atoms with Gasteiger partial charge < -0.3 is 15.2 Å². The molecular formula is C11H17NO3S. The molecule has 0 aliphatic rings. The first kappa shape index (κ1) is 13.0. The molecule has 0 saturated heterocycles. The molecule has 16 heavy (non-hydrogen) atoms. The van der Waals surface area contributed by atoms with Crippen LogP contribution in [0.15, 0.2) is 11.4 Å². The van der Waals surface area contributed by atoms with Gasteiger partial charge in [0, 0.05) is 6.54 Å². The van der Waals surface area contributed by atoms with Crippen molar-refractivity contribution in [2.75, 3.05) is 13.7 Å². The molecule has 4 nitrogen and oxygen atoms in total. The van der Waals surface area contributed by atoms with Gasteiger partial charge in [0.2, 0.25) is 0 Å². The topological polar surface area (TPSA) is 58.6 Å². The van der Waals surface area contributed by atoms with Crippen molar-refractivity contribution in [3.05, 3.63) is 16.3 Å². The molecule has 0 saturated carbocycles. The van der Waals surface area contributed by atoms with Gasteiger partial charge >= 0.3 is 0 Å². The molecule has 1 rings (SSSR count). The van der Waals surface area contributed by atoms with Crippen molar-refractivity contribution >= 4 is 17.2 Å². The standard InChI is InChI=1S/C11H17NO3S/c1-4-11(2,14)7-12-10(13)9-8(15-3)5-6-16-9/h5-6,14H,4,7H2,1-3H3,(H,12,13). The zero-order valence-corrected chi connectivity index (χ0v) is 10.6. The summed E-state index contributed by atoms with van der Waals surface area (Å²) in [5.74, 6) is 0.360. The number of amides is 1.